The summed E-state index contributed by atoms with van der Waals surface area (Å²) in [6.07, 6.45) is 4.75. The minimum absolute atomic E-state index is 0.295. The zero-order chi connectivity index (χ0) is 13.4. The number of halogens is 1. The first-order chi connectivity index (χ1) is 9.16. The Kier molecular flexibility index (Phi) is 2.76. The molecule has 1 aromatic carbocycles. The fourth-order valence-electron chi connectivity index (χ4n) is 2.11. The molecule has 0 aliphatic heterocycles. The van der Waals surface area contributed by atoms with Crippen LogP contribution in [0.3, 0.4) is 0 Å². The monoisotopic (exact) mass is 257 g/mol. The van der Waals surface area contributed by atoms with Gasteiger partial charge < -0.3 is 10.2 Å². The van der Waals surface area contributed by atoms with E-state index in [1.165, 1.54) is 12.1 Å². The molecule has 19 heavy (non-hydrogen) atoms. The standard InChI is InChI=1S/C14H12FN3O/c1-8-10-6-9(15)2-3-12(10)19-14(8)13(16)11-7-17-4-5-18-11/h2-7,13H,16H2,1H3. The molecule has 0 fully saturated rings. The Balaban J connectivity index is 2.13. The molecule has 1 atom stereocenters. The SMILES string of the molecule is Cc1c(C(N)c2cnccn2)oc2ccc(F)cc12. The molecule has 3 aromatic rings. The quantitative estimate of drug-likeness (QED) is 0.766. The summed E-state index contributed by atoms with van der Waals surface area (Å²) in [6.45, 7) is 1.86. The third kappa shape index (κ3) is 1.98. The second-order valence-corrected chi connectivity index (χ2v) is 4.34. The summed E-state index contributed by atoms with van der Waals surface area (Å²) in [4.78, 5) is 8.15. The van der Waals surface area contributed by atoms with Crippen molar-refractivity contribution in [1.82, 2.24) is 9.97 Å². The summed E-state index contributed by atoms with van der Waals surface area (Å²) in [5.74, 6) is 0.289. The number of fused-ring (bicyclic) bond motifs is 1. The summed E-state index contributed by atoms with van der Waals surface area (Å²) < 4.78 is 19.0. The molecule has 0 amide bonds. The summed E-state index contributed by atoms with van der Waals surface area (Å²) in [6, 6.07) is 3.90. The molecule has 0 radical (unpaired) electrons. The van der Waals surface area contributed by atoms with Crippen LogP contribution < -0.4 is 5.73 Å². The van der Waals surface area contributed by atoms with Crippen LogP contribution in [-0.4, -0.2) is 9.97 Å². The van der Waals surface area contributed by atoms with Gasteiger partial charge in [0.25, 0.3) is 0 Å². The number of hydrogen-bond acceptors (Lipinski definition) is 4. The van der Waals surface area contributed by atoms with E-state index in [1.54, 1.807) is 24.7 Å². The van der Waals surface area contributed by atoms with Crippen molar-refractivity contribution in [1.29, 1.82) is 0 Å². The molecule has 96 valence electrons. The zero-order valence-electron chi connectivity index (χ0n) is 10.3. The van der Waals surface area contributed by atoms with Gasteiger partial charge in [0.1, 0.15) is 23.2 Å². The van der Waals surface area contributed by atoms with Gasteiger partial charge in [-0.25, -0.2) is 4.39 Å². The Bertz CT molecular complexity index is 724. The highest BCUT2D eigenvalue weighted by molar-refractivity contribution is 5.82. The van der Waals surface area contributed by atoms with Gasteiger partial charge in [-0.15, -0.1) is 0 Å². The third-order valence-electron chi connectivity index (χ3n) is 3.12. The maximum Gasteiger partial charge on any atom is 0.134 e. The molecule has 5 heteroatoms. The van der Waals surface area contributed by atoms with Crippen molar-refractivity contribution in [2.45, 2.75) is 13.0 Å². The van der Waals surface area contributed by atoms with E-state index in [0.717, 1.165) is 10.9 Å². The lowest BCUT2D eigenvalue weighted by atomic mass is 10.1. The third-order valence-corrected chi connectivity index (χ3v) is 3.12. The summed E-state index contributed by atoms with van der Waals surface area (Å²) in [5.41, 5.74) is 8.19. The van der Waals surface area contributed by atoms with Gasteiger partial charge in [0, 0.05) is 23.3 Å². The van der Waals surface area contributed by atoms with Crippen LogP contribution in [0, 0.1) is 12.7 Å². The average Bonchev–Trinajstić information content (AvgIpc) is 2.76. The van der Waals surface area contributed by atoms with Crippen molar-refractivity contribution in [3.63, 3.8) is 0 Å². The molecular formula is C14H12FN3O. The van der Waals surface area contributed by atoms with Crippen LogP contribution in [0.5, 0.6) is 0 Å². The van der Waals surface area contributed by atoms with Crippen LogP contribution >= 0.6 is 0 Å². The number of nitrogens with zero attached hydrogens (tertiary/aromatic N) is 2. The zero-order valence-corrected chi connectivity index (χ0v) is 10.3. The Morgan fingerprint density at radius 1 is 1.32 bits per heavy atom. The number of furan rings is 1. The fraction of sp³-hybridized carbons (Fsp3) is 0.143. The van der Waals surface area contributed by atoms with Crippen LogP contribution in [0.25, 0.3) is 11.0 Å². The van der Waals surface area contributed by atoms with Crippen molar-refractivity contribution in [3.8, 4) is 0 Å². The predicted octanol–water partition coefficient (Wildman–Crippen LogP) is 2.72. The molecule has 1 unspecified atom stereocenters. The van der Waals surface area contributed by atoms with Crippen LogP contribution in [0.2, 0.25) is 0 Å². The molecule has 0 bridgehead atoms. The molecule has 0 saturated heterocycles. The number of hydrogen-bond donors (Lipinski definition) is 1. The summed E-state index contributed by atoms with van der Waals surface area (Å²) >= 11 is 0. The van der Waals surface area contributed by atoms with Crippen molar-refractivity contribution in [3.05, 3.63) is 59.6 Å². The summed E-state index contributed by atoms with van der Waals surface area (Å²) in [7, 11) is 0. The molecule has 0 saturated carbocycles. The first kappa shape index (κ1) is 11.8. The molecule has 2 aromatic heterocycles. The van der Waals surface area contributed by atoms with Crippen LogP contribution in [0.1, 0.15) is 23.1 Å². The van der Waals surface area contributed by atoms with E-state index in [4.69, 9.17) is 10.2 Å². The van der Waals surface area contributed by atoms with E-state index >= 15 is 0 Å². The molecule has 2 N–H and O–H groups in total. The predicted molar refractivity (Wildman–Crippen MR) is 69.0 cm³/mol. The highest BCUT2D eigenvalue weighted by Gasteiger charge is 2.20. The highest BCUT2D eigenvalue weighted by atomic mass is 19.1. The minimum Gasteiger partial charge on any atom is -0.459 e. The van der Waals surface area contributed by atoms with E-state index in [-0.39, 0.29) is 5.82 Å². The molecular weight excluding hydrogens is 245 g/mol. The molecule has 2 heterocycles. The number of aromatic nitrogens is 2. The van der Waals surface area contributed by atoms with E-state index in [9.17, 15) is 4.39 Å². The normalized spacial score (nSPS) is 12.8. The Hall–Kier alpha value is -2.27. The molecule has 3 rings (SSSR count). The number of rotatable bonds is 2. The van der Waals surface area contributed by atoms with Gasteiger partial charge in [-0.2, -0.15) is 0 Å². The van der Waals surface area contributed by atoms with E-state index < -0.39 is 6.04 Å². The van der Waals surface area contributed by atoms with Gasteiger partial charge in [-0.1, -0.05) is 0 Å². The largest absolute Gasteiger partial charge is 0.459 e. The van der Waals surface area contributed by atoms with Gasteiger partial charge >= 0.3 is 0 Å². The lowest BCUT2D eigenvalue weighted by Crippen LogP contribution is -2.13. The smallest absolute Gasteiger partial charge is 0.134 e. The van der Waals surface area contributed by atoms with Gasteiger partial charge in [0.2, 0.25) is 0 Å². The number of nitrogens with two attached hydrogens (primary N) is 1. The van der Waals surface area contributed by atoms with E-state index in [2.05, 4.69) is 9.97 Å². The van der Waals surface area contributed by atoms with Gasteiger partial charge in [-0.05, 0) is 25.1 Å². The summed E-state index contributed by atoms with van der Waals surface area (Å²) in [5, 5.41) is 0.731. The maximum absolute atomic E-state index is 13.3. The van der Waals surface area contributed by atoms with Crippen LogP contribution in [0.15, 0.2) is 41.2 Å². The molecule has 0 aliphatic rings. The second-order valence-electron chi connectivity index (χ2n) is 4.34. The molecule has 0 spiro atoms. The first-order valence-electron chi connectivity index (χ1n) is 5.87. The van der Waals surface area contributed by atoms with E-state index in [0.29, 0.717) is 17.0 Å². The maximum atomic E-state index is 13.3. The lowest BCUT2D eigenvalue weighted by Gasteiger charge is -2.08. The van der Waals surface area contributed by atoms with Gasteiger partial charge in [0.05, 0.1) is 11.9 Å². The first-order valence-corrected chi connectivity index (χ1v) is 5.87. The Morgan fingerprint density at radius 2 is 2.16 bits per heavy atom. The number of benzene rings is 1. The second kappa shape index (κ2) is 4.44. The van der Waals surface area contributed by atoms with Crippen LogP contribution in [0.4, 0.5) is 4.39 Å². The van der Waals surface area contributed by atoms with Crippen molar-refractivity contribution in [2.75, 3.05) is 0 Å². The molecule has 4 nitrogen and oxygen atoms in total. The van der Waals surface area contributed by atoms with Crippen molar-refractivity contribution in [2.24, 2.45) is 5.73 Å². The van der Waals surface area contributed by atoms with Crippen molar-refractivity contribution >= 4 is 11.0 Å². The van der Waals surface area contributed by atoms with Gasteiger partial charge in [0.15, 0.2) is 0 Å². The van der Waals surface area contributed by atoms with Crippen LogP contribution in [-0.2, 0) is 0 Å². The minimum atomic E-state index is -0.510. The Labute approximate surface area is 109 Å². The fourth-order valence-corrected chi connectivity index (χ4v) is 2.11. The molecule has 0 aliphatic carbocycles. The number of aryl methyl sites for hydroxylation is 1. The Morgan fingerprint density at radius 3 is 2.89 bits per heavy atom. The topological polar surface area (TPSA) is 64.9 Å². The lowest BCUT2D eigenvalue weighted by molar-refractivity contribution is 0.515. The highest BCUT2D eigenvalue weighted by Crippen LogP contribution is 2.31. The average molecular weight is 257 g/mol. The van der Waals surface area contributed by atoms with Crippen molar-refractivity contribution < 1.29 is 8.81 Å². The van der Waals surface area contributed by atoms with E-state index in [1.807, 2.05) is 6.92 Å². The van der Waals surface area contributed by atoms with Gasteiger partial charge in [-0.3, -0.25) is 9.97 Å².